The number of imide groups is 1. The summed E-state index contributed by atoms with van der Waals surface area (Å²) in [6.07, 6.45) is 0.546. The van der Waals surface area contributed by atoms with E-state index in [-0.39, 0.29) is 19.5 Å². The van der Waals surface area contributed by atoms with E-state index >= 15 is 0 Å². The quantitative estimate of drug-likeness (QED) is 0.572. The Morgan fingerprint density at radius 1 is 1.26 bits per heavy atom. The van der Waals surface area contributed by atoms with Gasteiger partial charge in [-0.05, 0) is 31.9 Å². The van der Waals surface area contributed by atoms with Crippen molar-refractivity contribution in [3.63, 3.8) is 0 Å². The fourth-order valence-electron chi connectivity index (χ4n) is 3.40. The standard InChI is InChI=1S/C16H19N3O7S/c1-2-17(14(20)11-6-4-3-5-7-11)15(21)13-9-8-12-10-18(13)16(22)19(12)26-27(23,24)25/h3-7,12-13H,2,8-10H2,1H3,(H,23,24,25)/t12-,13-/m0/s1. The van der Waals surface area contributed by atoms with Crippen LogP contribution in [0.2, 0.25) is 0 Å². The fourth-order valence-corrected chi connectivity index (χ4v) is 3.79. The molecule has 1 N–H and O–H groups in total. The van der Waals surface area contributed by atoms with Crippen LogP contribution in [0.3, 0.4) is 0 Å². The minimum Gasteiger partial charge on any atom is -0.309 e. The number of likely N-dealkylation sites (N-methyl/N-ethyl adjacent to an activating group) is 1. The number of carbonyl (C=O) groups excluding carboxylic acids is 3. The van der Waals surface area contributed by atoms with E-state index in [1.165, 1.54) is 4.90 Å². The van der Waals surface area contributed by atoms with Crippen LogP contribution in [-0.4, -0.2) is 70.9 Å². The molecule has 1 aromatic rings. The molecule has 2 aliphatic heterocycles. The number of hydrogen-bond acceptors (Lipinski definition) is 6. The number of hydrogen-bond donors (Lipinski definition) is 1. The van der Waals surface area contributed by atoms with Crippen molar-refractivity contribution < 1.29 is 31.6 Å². The number of piperidine rings is 1. The molecule has 3 rings (SSSR count). The highest BCUT2D eigenvalue weighted by molar-refractivity contribution is 7.80. The first-order valence-corrected chi connectivity index (χ1v) is 9.77. The van der Waals surface area contributed by atoms with Crippen molar-refractivity contribution in [3.05, 3.63) is 35.9 Å². The van der Waals surface area contributed by atoms with Gasteiger partial charge in [-0.2, -0.15) is 13.5 Å². The van der Waals surface area contributed by atoms with Crippen molar-refractivity contribution >= 4 is 28.2 Å². The summed E-state index contributed by atoms with van der Waals surface area (Å²) in [7, 11) is -4.86. The summed E-state index contributed by atoms with van der Waals surface area (Å²) < 4.78 is 35.0. The number of nitrogens with zero attached hydrogens (tertiary/aromatic N) is 3. The van der Waals surface area contributed by atoms with Gasteiger partial charge in [0.2, 0.25) is 0 Å². The van der Waals surface area contributed by atoms with E-state index in [2.05, 4.69) is 4.28 Å². The van der Waals surface area contributed by atoms with Crippen molar-refractivity contribution in [1.29, 1.82) is 0 Å². The van der Waals surface area contributed by atoms with Gasteiger partial charge in [-0.25, -0.2) is 4.79 Å². The Hall–Kier alpha value is -2.50. The molecule has 0 spiro atoms. The van der Waals surface area contributed by atoms with Gasteiger partial charge >= 0.3 is 16.4 Å². The smallest absolute Gasteiger partial charge is 0.309 e. The van der Waals surface area contributed by atoms with E-state index in [4.69, 9.17) is 4.55 Å². The van der Waals surface area contributed by atoms with Crippen LogP contribution in [0, 0.1) is 0 Å². The number of urea groups is 1. The molecule has 2 atom stereocenters. The molecule has 146 valence electrons. The molecule has 11 heteroatoms. The number of hydroxylamine groups is 2. The Bertz CT molecular complexity index is 858. The summed E-state index contributed by atoms with van der Waals surface area (Å²) in [5, 5.41) is 0.567. The van der Waals surface area contributed by atoms with Crippen LogP contribution in [0.4, 0.5) is 4.79 Å². The summed E-state index contributed by atoms with van der Waals surface area (Å²) in [4.78, 5) is 40.3. The number of fused-ring (bicyclic) bond motifs is 2. The topological polar surface area (TPSA) is 125 Å². The molecule has 2 aliphatic rings. The van der Waals surface area contributed by atoms with E-state index in [9.17, 15) is 22.8 Å². The zero-order valence-electron chi connectivity index (χ0n) is 14.5. The molecule has 0 aliphatic carbocycles. The van der Waals surface area contributed by atoms with E-state index in [0.29, 0.717) is 17.0 Å². The fraction of sp³-hybridized carbons (Fsp3) is 0.438. The molecule has 0 unspecified atom stereocenters. The maximum absolute atomic E-state index is 13.0. The van der Waals surface area contributed by atoms with E-state index < -0.39 is 40.3 Å². The first kappa shape index (κ1) is 19.3. The molecule has 4 amide bonds. The predicted molar refractivity (Wildman–Crippen MR) is 91.5 cm³/mol. The van der Waals surface area contributed by atoms with Crippen LogP contribution < -0.4 is 0 Å². The van der Waals surface area contributed by atoms with Crippen LogP contribution in [0.25, 0.3) is 0 Å². The van der Waals surface area contributed by atoms with Crippen molar-refractivity contribution in [2.45, 2.75) is 31.8 Å². The van der Waals surface area contributed by atoms with Crippen molar-refractivity contribution in [1.82, 2.24) is 14.9 Å². The second kappa shape index (κ2) is 7.25. The molecular weight excluding hydrogens is 378 g/mol. The molecule has 2 heterocycles. The molecule has 2 saturated heterocycles. The zero-order chi connectivity index (χ0) is 19.8. The monoisotopic (exact) mass is 397 g/mol. The largest absolute Gasteiger partial charge is 0.418 e. The lowest BCUT2D eigenvalue weighted by Crippen LogP contribution is -2.52. The van der Waals surface area contributed by atoms with Gasteiger partial charge in [-0.3, -0.25) is 19.0 Å². The summed E-state index contributed by atoms with van der Waals surface area (Å²) in [6, 6.07) is 5.98. The number of rotatable bonds is 5. The third-order valence-corrected chi connectivity index (χ3v) is 4.98. The Labute approximate surface area is 156 Å². The van der Waals surface area contributed by atoms with Crippen LogP contribution in [0.5, 0.6) is 0 Å². The van der Waals surface area contributed by atoms with Crippen LogP contribution in [0.15, 0.2) is 30.3 Å². The van der Waals surface area contributed by atoms with E-state index in [0.717, 1.165) is 4.90 Å². The Balaban J connectivity index is 1.79. The first-order valence-electron chi connectivity index (χ1n) is 8.40. The van der Waals surface area contributed by atoms with Gasteiger partial charge in [0.05, 0.1) is 6.04 Å². The predicted octanol–water partition coefficient (Wildman–Crippen LogP) is 0.678. The van der Waals surface area contributed by atoms with Crippen molar-refractivity contribution in [2.75, 3.05) is 13.1 Å². The molecule has 1 aromatic carbocycles. The van der Waals surface area contributed by atoms with Crippen molar-refractivity contribution in [2.24, 2.45) is 0 Å². The lowest BCUT2D eigenvalue weighted by atomic mass is 9.99. The summed E-state index contributed by atoms with van der Waals surface area (Å²) in [6.45, 7) is 1.85. The molecule has 0 saturated carbocycles. The highest BCUT2D eigenvalue weighted by Gasteiger charge is 2.50. The van der Waals surface area contributed by atoms with Crippen LogP contribution in [0.1, 0.15) is 30.1 Å². The SMILES string of the molecule is CCN(C(=O)c1ccccc1)C(=O)[C@@H]1CC[C@H]2CN1C(=O)N2OS(=O)(=O)O. The number of amides is 4. The minimum absolute atomic E-state index is 0.0713. The molecule has 0 radical (unpaired) electrons. The third-order valence-electron chi connectivity index (χ3n) is 4.63. The molecule has 0 aromatic heterocycles. The lowest BCUT2D eigenvalue weighted by Gasteiger charge is -2.32. The Kier molecular flexibility index (Phi) is 5.18. The molecule has 2 bridgehead atoms. The highest BCUT2D eigenvalue weighted by atomic mass is 32.3. The second-order valence-electron chi connectivity index (χ2n) is 6.26. The summed E-state index contributed by atoms with van der Waals surface area (Å²) in [5.41, 5.74) is 0.352. The second-order valence-corrected chi connectivity index (χ2v) is 7.27. The summed E-state index contributed by atoms with van der Waals surface area (Å²) >= 11 is 0. The normalized spacial score (nSPS) is 22.1. The Morgan fingerprint density at radius 2 is 1.93 bits per heavy atom. The maximum Gasteiger partial charge on any atom is 0.418 e. The van der Waals surface area contributed by atoms with Gasteiger partial charge in [-0.15, -0.1) is 4.28 Å². The van der Waals surface area contributed by atoms with Gasteiger partial charge in [0, 0.05) is 18.7 Å². The van der Waals surface area contributed by atoms with Gasteiger partial charge in [0.25, 0.3) is 11.8 Å². The van der Waals surface area contributed by atoms with Crippen LogP contribution in [-0.2, 0) is 19.5 Å². The lowest BCUT2D eigenvalue weighted by molar-refractivity contribution is -0.133. The zero-order valence-corrected chi connectivity index (χ0v) is 15.3. The van der Waals surface area contributed by atoms with Gasteiger partial charge in [0.1, 0.15) is 6.04 Å². The molecule has 2 fully saturated rings. The molecule has 27 heavy (non-hydrogen) atoms. The van der Waals surface area contributed by atoms with Crippen LogP contribution >= 0.6 is 0 Å². The minimum atomic E-state index is -4.86. The van der Waals surface area contributed by atoms with E-state index in [1.807, 2.05) is 0 Å². The summed E-state index contributed by atoms with van der Waals surface area (Å²) in [5.74, 6) is -1.00. The van der Waals surface area contributed by atoms with E-state index in [1.54, 1.807) is 37.3 Å². The van der Waals surface area contributed by atoms with Crippen molar-refractivity contribution in [3.8, 4) is 0 Å². The first-order chi connectivity index (χ1) is 12.7. The number of benzene rings is 1. The third kappa shape index (κ3) is 3.80. The average Bonchev–Trinajstić information content (AvgIpc) is 2.86. The Morgan fingerprint density at radius 3 is 2.52 bits per heavy atom. The maximum atomic E-state index is 13.0. The molecular formula is C16H19N3O7S. The highest BCUT2D eigenvalue weighted by Crippen LogP contribution is 2.31. The average molecular weight is 397 g/mol. The molecule has 10 nitrogen and oxygen atoms in total. The van der Waals surface area contributed by atoms with Gasteiger partial charge in [-0.1, -0.05) is 18.2 Å². The van der Waals surface area contributed by atoms with Gasteiger partial charge < -0.3 is 4.90 Å². The van der Waals surface area contributed by atoms with Gasteiger partial charge in [0.15, 0.2) is 0 Å². The number of carbonyl (C=O) groups is 3.